The van der Waals surface area contributed by atoms with Crippen LogP contribution >= 0.6 is 22.9 Å². The number of carbonyl (C=O) groups excluding carboxylic acids is 2. The first-order chi connectivity index (χ1) is 17.9. The second-order valence-corrected chi connectivity index (χ2v) is 9.68. The first-order valence-electron chi connectivity index (χ1n) is 11.7. The number of anilines is 1. The fraction of sp³-hybridized carbons (Fsp3) is 0.179. The van der Waals surface area contributed by atoms with Gasteiger partial charge in [-0.25, -0.2) is 4.98 Å². The number of nitrogens with zero attached hydrogens (tertiary/aromatic N) is 2. The van der Waals surface area contributed by atoms with Crippen molar-refractivity contribution < 1.29 is 24.2 Å². The highest BCUT2D eigenvalue weighted by atomic mass is 35.5. The summed E-state index contributed by atoms with van der Waals surface area (Å²) in [5.74, 6) is -0.507. The third-order valence-corrected chi connectivity index (χ3v) is 7.20. The van der Waals surface area contributed by atoms with Crippen LogP contribution in [0.15, 0.2) is 72.3 Å². The number of ether oxygens (including phenoxy) is 2. The van der Waals surface area contributed by atoms with Gasteiger partial charge in [0, 0.05) is 10.6 Å². The average Bonchev–Trinajstić information content (AvgIpc) is 3.43. The fourth-order valence-corrected chi connectivity index (χ4v) is 5.42. The van der Waals surface area contributed by atoms with Crippen molar-refractivity contribution in [3.8, 4) is 11.5 Å². The van der Waals surface area contributed by atoms with Gasteiger partial charge in [0.05, 0.1) is 35.0 Å². The van der Waals surface area contributed by atoms with Gasteiger partial charge in [0.2, 0.25) is 0 Å². The van der Waals surface area contributed by atoms with Gasteiger partial charge >= 0.3 is 5.91 Å². The molecule has 9 heteroatoms. The van der Waals surface area contributed by atoms with Crippen LogP contribution in [0.25, 0.3) is 16.0 Å². The van der Waals surface area contributed by atoms with E-state index in [4.69, 9.17) is 21.1 Å². The molecule has 1 unspecified atom stereocenters. The second kappa shape index (κ2) is 10.2. The Kier molecular flexibility index (Phi) is 6.86. The van der Waals surface area contributed by atoms with Crippen LogP contribution in [0.5, 0.6) is 11.5 Å². The molecule has 37 heavy (non-hydrogen) atoms. The molecule has 5 rings (SSSR count). The summed E-state index contributed by atoms with van der Waals surface area (Å²) < 4.78 is 11.9. The Labute approximate surface area is 222 Å². The van der Waals surface area contributed by atoms with Crippen molar-refractivity contribution in [2.45, 2.75) is 19.9 Å². The van der Waals surface area contributed by atoms with E-state index in [1.807, 2.05) is 32.0 Å². The van der Waals surface area contributed by atoms with Crippen molar-refractivity contribution in [2.75, 3.05) is 18.1 Å². The van der Waals surface area contributed by atoms with E-state index in [1.165, 1.54) is 16.2 Å². The van der Waals surface area contributed by atoms with Crippen LogP contribution < -0.4 is 14.4 Å². The lowest BCUT2D eigenvalue weighted by molar-refractivity contribution is -0.132. The predicted octanol–water partition coefficient (Wildman–Crippen LogP) is 6.37. The largest absolute Gasteiger partial charge is 0.507 e. The Hall–Kier alpha value is -3.88. The van der Waals surface area contributed by atoms with E-state index in [-0.39, 0.29) is 11.3 Å². The molecule has 1 aliphatic heterocycles. The van der Waals surface area contributed by atoms with Crippen molar-refractivity contribution in [3.05, 3.63) is 88.5 Å². The van der Waals surface area contributed by atoms with Crippen molar-refractivity contribution in [3.63, 3.8) is 0 Å². The first-order valence-corrected chi connectivity index (χ1v) is 12.9. The SMILES string of the molecule is CCOc1ccc(/C(O)=C2\C(=O)C(=O)N(c3nc4ccc(OCC)cc4s3)C2c2ccc(Cl)cc2)cc1. The molecule has 1 saturated heterocycles. The lowest BCUT2D eigenvalue weighted by Crippen LogP contribution is -2.29. The summed E-state index contributed by atoms with van der Waals surface area (Å²) in [6.45, 7) is 4.80. The van der Waals surface area contributed by atoms with Crippen LogP contribution in [0.2, 0.25) is 5.02 Å². The molecule has 1 aromatic heterocycles. The van der Waals surface area contributed by atoms with E-state index >= 15 is 0 Å². The van der Waals surface area contributed by atoms with E-state index in [9.17, 15) is 14.7 Å². The molecule has 1 aliphatic rings. The van der Waals surface area contributed by atoms with Gasteiger partial charge in [-0.3, -0.25) is 14.5 Å². The number of benzene rings is 3. The number of Topliss-reactive ketones (excluding diaryl/α,β-unsaturated/α-hetero) is 1. The average molecular weight is 535 g/mol. The molecule has 4 aromatic rings. The summed E-state index contributed by atoms with van der Waals surface area (Å²) >= 11 is 7.39. The van der Waals surface area contributed by atoms with Crippen LogP contribution in [0.4, 0.5) is 5.13 Å². The number of aromatic nitrogens is 1. The summed E-state index contributed by atoms with van der Waals surface area (Å²) in [5, 5.41) is 12.1. The minimum atomic E-state index is -0.893. The molecular weight excluding hydrogens is 512 g/mol. The molecular formula is C28H23ClN2O5S. The lowest BCUT2D eigenvalue weighted by atomic mass is 9.95. The second-order valence-electron chi connectivity index (χ2n) is 8.24. The van der Waals surface area contributed by atoms with E-state index < -0.39 is 17.7 Å². The minimum absolute atomic E-state index is 0.0225. The molecule has 1 N–H and O–H groups in total. The molecule has 0 bridgehead atoms. The van der Waals surface area contributed by atoms with Gasteiger partial charge in [-0.15, -0.1) is 0 Å². The van der Waals surface area contributed by atoms with Crippen molar-refractivity contribution in [1.82, 2.24) is 4.98 Å². The number of halogens is 1. The summed E-state index contributed by atoms with van der Waals surface area (Å²) in [6, 6.07) is 18.1. The van der Waals surface area contributed by atoms with E-state index in [1.54, 1.807) is 48.5 Å². The molecule has 0 radical (unpaired) electrons. The number of hydrogen-bond acceptors (Lipinski definition) is 7. The van der Waals surface area contributed by atoms with Crippen LogP contribution in [-0.4, -0.2) is 35.0 Å². The molecule has 0 saturated carbocycles. The normalized spacial score (nSPS) is 16.9. The van der Waals surface area contributed by atoms with Crippen LogP contribution in [-0.2, 0) is 9.59 Å². The maximum atomic E-state index is 13.4. The summed E-state index contributed by atoms with van der Waals surface area (Å²) in [4.78, 5) is 32.8. The molecule has 0 spiro atoms. The van der Waals surface area contributed by atoms with Crippen molar-refractivity contribution >= 4 is 55.7 Å². The number of ketones is 1. The topological polar surface area (TPSA) is 89.0 Å². The van der Waals surface area contributed by atoms with Crippen molar-refractivity contribution in [2.24, 2.45) is 0 Å². The maximum Gasteiger partial charge on any atom is 0.301 e. The van der Waals surface area contributed by atoms with Gasteiger partial charge in [-0.1, -0.05) is 35.1 Å². The zero-order valence-electron chi connectivity index (χ0n) is 20.1. The Bertz CT molecular complexity index is 1510. The summed E-state index contributed by atoms with van der Waals surface area (Å²) in [5.41, 5.74) is 1.66. The number of hydrogen-bond donors (Lipinski definition) is 1. The fourth-order valence-electron chi connectivity index (χ4n) is 4.27. The van der Waals surface area contributed by atoms with Gasteiger partial charge in [0.25, 0.3) is 5.78 Å². The third kappa shape index (κ3) is 4.65. The smallest absolute Gasteiger partial charge is 0.301 e. The predicted molar refractivity (Wildman–Crippen MR) is 145 cm³/mol. The molecule has 7 nitrogen and oxygen atoms in total. The molecule has 1 amide bonds. The quantitative estimate of drug-likeness (QED) is 0.168. The Morgan fingerprint density at radius 1 is 0.973 bits per heavy atom. The van der Waals surface area contributed by atoms with Crippen LogP contribution in [0.1, 0.15) is 31.0 Å². The standard InChI is InChI=1S/C28H23ClN2O5S/c1-3-35-19-11-7-17(8-12-19)25(32)23-24(16-5-9-18(29)10-6-16)31(27(34)26(23)33)28-30-21-14-13-20(36-4-2)15-22(21)37-28/h5-15,24,32H,3-4H2,1-2H3/b25-23+. The highest BCUT2D eigenvalue weighted by Crippen LogP contribution is 2.44. The van der Waals surface area contributed by atoms with Gasteiger partial charge < -0.3 is 14.6 Å². The van der Waals surface area contributed by atoms with E-state index in [2.05, 4.69) is 4.98 Å². The highest BCUT2D eigenvalue weighted by molar-refractivity contribution is 7.22. The Morgan fingerprint density at radius 2 is 1.62 bits per heavy atom. The van der Waals surface area contributed by atoms with Crippen LogP contribution in [0, 0.1) is 0 Å². The van der Waals surface area contributed by atoms with Gasteiger partial charge in [0.15, 0.2) is 5.13 Å². The first kappa shape index (κ1) is 24.8. The van der Waals surface area contributed by atoms with E-state index in [0.29, 0.717) is 51.5 Å². The Morgan fingerprint density at radius 3 is 2.30 bits per heavy atom. The number of rotatable bonds is 7. The Balaban J connectivity index is 1.65. The molecule has 188 valence electrons. The zero-order valence-corrected chi connectivity index (χ0v) is 21.7. The summed E-state index contributed by atoms with van der Waals surface area (Å²) in [7, 11) is 0. The van der Waals surface area contributed by atoms with Gasteiger partial charge in [0.1, 0.15) is 17.3 Å². The van der Waals surface area contributed by atoms with Gasteiger partial charge in [-0.05, 0) is 74.0 Å². The lowest BCUT2D eigenvalue weighted by Gasteiger charge is -2.23. The molecule has 1 atom stereocenters. The zero-order chi connectivity index (χ0) is 26.1. The van der Waals surface area contributed by atoms with E-state index in [0.717, 1.165) is 4.70 Å². The highest BCUT2D eigenvalue weighted by Gasteiger charge is 2.48. The number of thiazole rings is 1. The molecule has 3 aromatic carbocycles. The minimum Gasteiger partial charge on any atom is -0.507 e. The number of fused-ring (bicyclic) bond motifs is 1. The molecule has 2 heterocycles. The molecule has 1 fully saturated rings. The third-order valence-electron chi connectivity index (χ3n) is 5.93. The number of aliphatic hydroxyl groups is 1. The van der Waals surface area contributed by atoms with Gasteiger partial charge in [-0.2, -0.15) is 0 Å². The monoisotopic (exact) mass is 534 g/mol. The number of aliphatic hydroxyl groups excluding tert-OH is 1. The number of carbonyl (C=O) groups is 2. The number of amides is 1. The summed E-state index contributed by atoms with van der Waals surface area (Å²) in [6.07, 6.45) is 0. The maximum absolute atomic E-state index is 13.4. The van der Waals surface area contributed by atoms with Crippen molar-refractivity contribution in [1.29, 1.82) is 0 Å². The van der Waals surface area contributed by atoms with Crippen LogP contribution in [0.3, 0.4) is 0 Å². The molecule has 0 aliphatic carbocycles.